The van der Waals surface area contributed by atoms with Gasteiger partial charge in [-0.1, -0.05) is 17.7 Å². The third kappa shape index (κ3) is 3.80. The molecule has 0 radical (unpaired) electrons. The Morgan fingerprint density at radius 3 is 2.52 bits per heavy atom. The monoisotopic (exact) mass is 357 g/mol. The molecule has 0 saturated carbocycles. The summed E-state index contributed by atoms with van der Waals surface area (Å²) in [7, 11) is -2.81. The number of ether oxygens (including phenoxy) is 1. The molecule has 0 aromatic heterocycles. The third-order valence-corrected chi connectivity index (χ3v) is 4.89. The number of nitrogens with one attached hydrogen (secondary N) is 1. The number of rotatable bonds is 4. The molecule has 0 atom stereocenters. The molecule has 2 rings (SSSR count). The number of benzene rings is 2. The van der Waals surface area contributed by atoms with Crippen molar-refractivity contribution in [3.8, 4) is 0 Å². The minimum absolute atomic E-state index is 0.0379. The first-order valence-electron chi connectivity index (χ1n) is 6.41. The van der Waals surface area contributed by atoms with Gasteiger partial charge in [0.2, 0.25) is 0 Å². The molecule has 0 bridgehead atoms. The Hall–Kier alpha value is -2.12. The summed E-state index contributed by atoms with van der Waals surface area (Å²) in [6.45, 7) is 1.59. The van der Waals surface area contributed by atoms with E-state index in [9.17, 15) is 17.6 Å². The third-order valence-electron chi connectivity index (χ3n) is 3.07. The van der Waals surface area contributed by atoms with E-state index in [2.05, 4.69) is 9.46 Å². The average molecular weight is 358 g/mol. The number of hydrogen-bond acceptors (Lipinski definition) is 4. The van der Waals surface area contributed by atoms with Gasteiger partial charge < -0.3 is 4.74 Å². The zero-order chi connectivity index (χ0) is 17.2. The van der Waals surface area contributed by atoms with Crippen LogP contribution in [0.2, 0.25) is 5.02 Å². The lowest BCUT2D eigenvalue weighted by atomic mass is 10.1. The fourth-order valence-corrected chi connectivity index (χ4v) is 3.53. The normalized spacial score (nSPS) is 11.1. The highest BCUT2D eigenvalue weighted by molar-refractivity contribution is 7.92. The van der Waals surface area contributed by atoms with Crippen LogP contribution >= 0.6 is 11.6 Å². The molecule has 0 aliphatic rings. The summed E-state index contributed by atoms with van der Waals surface area (Å²) in [5.74, 6) is -1.23. The van der Waals surface area contributed by atoms with Crippen LogP contribution in [0.5, 0.6) is 0 Å². The van der Waals surface area contributed by atoms with Crippen molar-refractivity contribution in [3.05, 3.63) is 58.4 Å². The Labute approximate surface area is 138 Å². The molecule has 0 fully saturated rings. The van der Waals surface area contributed by atoms with Crippen molar-refractivity contribution in [2.45, 2.75) is 11.8 Å². The molecule has 23 heavy (non-hydrogen) atoms. The van der Waals surface area contributed by atoms with Crippen molar-refractivity contribution in [1.82, 2.24) is 0 Å². The molecule has 0 heterocycles. The largest absolute Gasteiger partial charge is 0.465 e. The van der Waals surface area contributed by atoms with Gasteiger partial charge in [0.05, 0.1) is 28.3 Å². The van der Waals surface area contributed by atoms with E-state index in [-0.39, 0.29) is 21.2 Å². The van der Waals surface area contributed by atoms with Crippen LogP contribution in [0, 0.1) is 12.7 Å². The number of carbonyl (C=O) groups is 1. The molecule has 2 aromatic carbocycles. The number of halogens is 2. The molecule has 5 nitrogen and oxygen atoms in total. The second kappa shape index (κ2) is 6.55. The van der Waals surface area contributed by atoms with Crippen molar-refractivity contribution in [3.63, 3.8) is 0 Å². The molecule has 122 valence electrons. The molecule has 0 aliphatic carbocycles. The maximum absolute atomic E-state index is 13.0. The minimum atomic E-state index is -4.01. The molecule has 2 aromatic rings. The summed E-state index contributed by atoms with van der Waals surface area (Å²) in [4.78, 5) is 11.5. The lowest BCUT2D eigenvalue weighted by Gasteiger charge is -2.12. The molecular weight excluding hydrogens is 345 g/mol. The highest BCUT2D eigenvalue weighted by Gasteiger charge is 2.20. The number of anilines is 1. The van der Waals surface area contributed by atoms with E-state index < -0.39 is 21.8 Å². The Morgan fingerprint density at radius 1 is 1.22 bits per heavy atom. The number of esters is 1. The summed E-state index contributed by atoms with van der Waals surface area (Å²) in [6.07, 6.45) is 0. The van der Waals surface area contributed by atoms with E-state index in [1.165, 1.54) is 31.4 Å². The summed E-state index contributed by atoms with van der Waals surface area (Å²) in [6, 6.07) is 7.46. The second-order valence-electron chi connectivity index (χ2n) is 4.70. The van der Waals surface area contributed by atoms with Crippen LogP contribution in [0.3, 0.4) is 0 Å². The predicted octanol–water partition coefficient (Wildman–Crippen LogP) is 3.37. The molecule has 0 unspecified atom stereocenters. The SMILES string of the molecule is COC(=O)c1ccc(C)c(S(=O)(=O)Nc2ccc(F)cc2Cl)c1. The van der Waals surface area contributed by atoms with Crippen molar-refractivity contribution in [2.75, 3.05) is 11.8 Å². The van der Waals surface area contributed by atoms with Crippen molar-refractivity contribution in [2.24, 2.45) is 0 Å². The maximum atomic E-state index is 13.0. The van der Waals surface area contributed by atoms with Crippen LogP contribution in [-0.2, 0) is 14.8 Å². The number of carbonyl (C=O) groups excluding carboxylic acids is 1. The number of methoxy groups -OCH3 is 1. The van der Waals surface area contributed by atoms with Gasteiger partial charge in [-0.3, -0.25) is 4.72 Å². The highest BCUT2D eigenvalue weighted by Crippen LogP contribution is 2.27. The van der Waals surface area contributed by atoms with Crippen molar-refractivity contribution >= 4 is 33.3 Å². The van der Waals surface area contributed by atoms with Crippen molar-refractivity contribution < 1.29 is 22.3 Å². The predicted molar refractivity (Wildman–Crippen MR) is 84.7 cm³/mol. The molecule has 8 heteroatoms. The summed E-state index contributed by atoms with van der Waals surface area (Å²) >= 11 is 5.83. The maximum Gasteiger partial charge on any atom is 0.337 e. The van der Waals surface area contributed by atoms with Gasteiger partial charge >= 0.3 is 5.97 Å². The molecule has 0 amide bonds. The number of hydrogen-bond donors (Lipinski definition) is 1. The summed E-state index contributed by atoms with van der Waals surface area (Å²) in [5, 5.41) is -0.0737. The van der Waals surface area contributed by atoms with Gasteiger partial charge in [0.25, 0.3) is 10.0 Å². The van der Waals surface area contributed by atoms with Gasteiger partial charge in [0.15, 0.2) is 0 Å². The second-order valence-corrected chi connectivity index (χ2v) is 6.76. The minimum Gasteiger partial charge on any atom is -0.465 e. The Kier molecular flexibility index (Phi) is 4.91. The van der Waals surface area contributed by atoms with Gasteiger partial charge in [-0.25, -0.2) is 17.6 Å². The molecule has 0 saturated heterocycles. The summed E-state index contributed by atoms with van der Waals surface area (Å²) < 4.78 is 44.9. The fraction of sp³-hybridized carbons (Fsp3) is 0.133. The lowest BCUT2D eigenvalue weighted by Crippen LogP contribution is -2.15. The zero-order valence-electron chi connectivity index (χ0n) is 12.3. The van der Waals surface area contributed by atoms with Gasteiger partial charge in [0, 0.05) is 0 Å². The van der Waals surface area contributed by atoms with Gasteiger partial charge in [0.1, 0.15) is 5.82 Å². The molecule has 0 aliphatic heterocycles. The first-order valence-corrected chi connectivity index (χ1v) is 8.27. The topological polar surface area (TPSA) is 72.5 Å². The van der Waals surface area contributed by atoms with Crippen LogP contribution in [0.15, 0.2) is 41.3 Å². The molecule has 0 spiro atoms. The van der Waals surface area contributed by atoms with Crippen LogP contribution in [0.25, 0.3) is 0 Å². The molecular formula is C15H13ClFNO4S. The van der Waals surface area contributed by atoms with Gasteiger partial charge in [-0.05, 0) is 42.8 Å². The zero-order valence-corrected chi connectivity index (χ0v) is 13.8. The smallest absolute Gasteiger partial charge is 0.337 e. The number of sulfonamides is 1. The van der Waals surface area contributed by atoms with Crippen molar-refractivity contribution in [1.29, 1.82) is 0 Å². The lowest BCUT2D eigenvalue weighted by molar-refractivity contribution is 0.0600. The van der Waals surface area contributed by atoms with E-state index in [4.69, 9.17) is 11.6 Å². The van der Waals surface area contributed by atoms with E-state index in [1.807, 2.05) is 0 Å². The molecule has 1 N–H and O–H groups in total. The van der Waals surface area contributed by atoms with Gasteiger partial charge in [-0.15, -0.1) is 0 Å². The van der Waals surface area contributed by atoms with Crippen LogP contribution < -0.4 is 4.72 Å². The Morgan fingerprint density at radius 2 is 1.91 bits per heavy atom. The van der Waals surface area contributed by atoms with E-state index >= 15 is 0 Å². The first-order chi connectivity index (χ1) is 10.7. The van der Waals surface area contributed by atoms with Crippen LogP contribution in [0.1, 0.15) is 15.9 Å². The van der Waals surface area contributed by atoms with Gasteiger partial charge in [-0.2, -0.15) is 0 Å². The van der Waals surface area contributed by atoms with Crippen LogP contribution in [-0.4, -0.2) is 21.5 Å². The summed E-state index contributed by atoms with van der Waals surface area (Å²) in [5.41, 5.74) is 0.572. The van der Waals surface area contributed by atoms with E-state index in [0.717, 1.165) is 12.1 Å². The standard InChI is InChI=1S/C15H13ClFNO4S/c1-9-3-4-10(15(19)22-2)7-14(9)23(20,21)18-13-6-5-11(17)8-12(13)16/h3-8,18H,1-2H3. The first kappa shape index (κ1) is 17.2. The van der Waals surface area contributed by atoms with E-state index in [0.29, 0.717) is 5.56 Å². The fourth-order valence-electron chi connectivity index (χ4n) is 1.91. The number of aryl methyl sites for hydroxylation is 1. The Balaban J connectivity index is 2.45. The highest BCUT2D eigenvalue weighted by atomic mass is 35.5. The average Bonchev–Trinajstić information content (AvgIpc) is 2.49. The van der Waals surface area contributed by atoms with Crippen LogP contribution in [0.4, 0.5) is 10.1 Å². The Bertz CT molecular complexity index is 868. The van der Waals surface area contributed by atoms with E-state index in [1.54, 1.807) is 6.92 Å². The quantitative estimate of drug-likeness (QED) is 0.851.